The molecule has 2 aromatic rings. The van der Waals surface area contributed by atoms with Gasteiger partial charge < -0.3 is 9.67 Å². The summed E-state index contributed by atoms with van der Waals surface area (Å²) >= 11 is 0. The van der Waals surface area contributed by atoms with Crippen LogP contribution in [0.5, 0.6) is 0 Å². The molecule has 0 radical (unpaired) electrons. The van der Waals surface area contributed by atoms with Crippen molar-refractivity contribution in [1.29, 1.82) is 0 Å². The van der Waals surface area contributed by atoms with Crippen molar-refractivity contribution in [1.82, 2.24) is 9.47 Å². The predicted octanol–water partition coefficient (Wildman–Crippen LogP) is 2.57. The first-order chi connectivity index (χ1) is 9.69. The maximum absolute atomic E-state index is 11.0. The highest BCUT2D eigenvalue weighted by Crippen LogP contribution is 2.25. The SMILES string of the molecule is CCn1cc(CN2CCC(C(=O)O)C2)c2ccccc21. The Hall–Kier alpha value is -1.81. The summed E-state index contributed by atoms with van der Waals surface area (Å²) in [4.78, 5) is 13.3. The van der Waals surface area contributed by atoms with Crippen LogP contribution in [0.25, 0.3) is 10.9 Å². The van der Waals surface area contributed by atoms with Crippen LogP contribution in [-0.4, -0.2) is 33.6 Å². The molecule has 1 unspecified atom stereocenters. The Balaban J connectivity index is 1.83. The summed E-state index contributed by atoms with van der Waals surface area (Å²) < 4.78 is 2.26. The fourth-order valence-electron chi connectivity index (χ4n) is 3.13. The average molecular weight is 272 g/mol. The Kier molecular flexibility index (Phi) is 3.49. The number of aryl methyl sites for hydroxylation is 1. The van der Waals surface area contributed by atoms with E-state index in [-0.39, 0.29) is 5.92 Å². The van der Waals surface area contributed by atoms with E-state index in [0.717, 1.165) is 26.1 Å². The number of rotatable bonds is 4. The van der Waals surface area contributed by atoms with Crippen molar-refractivity contribution in [3.63, 3.8) is 0 Å². The van der Waals surface area contributed by atoms with E-state index in [2.05, 4.69) is 46.9 Å². The molecule has 0 aliphatic carbocycles. The minimum atomic E-state index is -0.663. The molecule has 2 heterocycles. The van der Waals surface area contributed by atoms with E-state index in [1.165, 1.54) is 16.5 Å². The minimum absolute atomic E-state index is 0.200. The summed E-state index contributed by atoms with van der Waals surface area (Å²) in [6.07, 6.45) is 2.97. The van der Waals surface area contributed by atoms with E-state index in [9.17, 15) is 4.79 Å². The van der Waals surface area contributed by atoms with Gasteiger partial charge in [0, 0.05) is 36.7 Å². The zero-order valence-electron chi connectivity index (χ0n) is 11.7. The molecule has 1 aliphatic rings. The van der Waals surface area contributed by atoms with Crippen LogP contribution in [0.3, 0.4) is 0 Å². The molecule has 4 nitrogen and oxygen atoms in total. The van der Waals surface area contributed by atoms with Gasteiger partial charge in [-0.25, -0.2) is 0 Å². The topological polar surface area (TPSA) is 45.5 Å². The van der Waals surface area contributed by atoms with Crippen LogP contribution in [0, 0.1) is 5.92 Å². The van der Waals surface area contributed by atoms with Gasteiger partial charge in [0.15, 0.2) is 0 Å². The Bertz CT molecular complexity index is 632. The van der Waals surface area contributed by atoms with Crippen molar-refractivity contribution in [2.24, 2.45) is 5.92 Å². The van der Waals surface area contributed by atoms with Crippen molar-refractivity contribution >= 4 is 16.9 Å². The molecule has 1 N–H and O–H groups in total. The fraction of sp³-hybridized carbons (Fsp3) is 0.438. The van der Waals surface area contributed by atoms with Gasteiger partial charge in [-0.05, 0) is 31.5 Å². The predicted molar refractivity (Wildman–Crippen MR) is 78.6 cm³/mol. The standard InChI is InChI=1S/C16H20N2O2/c1-2-18-11-13(14-5-3-4-6-15(14)18)10-17-8-7-12(9-17)16(19)20/h3-6,11-12H,2,7-10H2,1H3,(H,19,20). The van der Waals surface area contributed by atoms with E-state index in [1.54, 1.807) is 0 Å². The Morgan fingerprint density at radius 1 is 1.40 bits per heavy atom. The number of benzene rings is 1. The van der Waals surface area contributed by atoms with Crippen LogP contribution >= 0.6 is 0 Å². The zero-order chi connectivity index (χ0) is 14.1. The van der Waals surface area contributed by atoms with E-state index >= 15 is 0 Å². The van der Waals surface area contributed by atoms with Gasteiger partial charge in [0.05, 0.1) is 5.92 Å². The molecule has 1 fully saturated rings. The molecule has 3 rings (SSSR count). The van der Waals surface area contributed by atoms with Gasteiger partial charge >= 0.3 is 5.97 Å². The van der Waals surface area contributed by atoms with Gasteiger partial charge in [0.25, 0.3) is 0 Å². The molecule has 1 atom stereocenters. The fourth-order valence-corrected chi connectivity index (χ4v) is 3.13. The first-order valence-electron chi connectivity index (χ1n) is 7.21. The maximum Gasteiger partial charge on any atom is 0.307 e. The van der Waals surface area contributed by atoms with Crippen LogP contribution in [0.4, 0.5) is 0 Å². The number of carbonyl (C=O) groups is 1. The van der Waals surface area contributed by atoms with Gasteiger partial charge in [-0.1, -0.05) is 18.2 Å². The molecular formula is C16H20N2O2. The molecule has 0 bridgehead atoms. The quantitative estimate of drug-likeness (QED) is 0.930. The third-order valence-electron chi connectivity index (χ3n) is 4.23. The van der Waals surface area contributed by atoms with Crippen molar-refractivity contribution in [3.8, 4) is 0 Å². The molecule has 1 saturated heterocycles. The smallest absolute Gasteiger partial charge is 0.307 e. The largest absolute Gasteiger partial charge is 0.481 e. The number of aliphatic carboxylic acids is 1. The summed E-state index contributed by atoms with van der Waals surface area (Å²) in [6, 6.07) is 8.43. The maximum atomic E-state index is 11.0. The summed E-state index contributed by atoms with van der Waals surface area (Å²) in [6.45, 7) is 5.49. The summed E-state index contributed by atoms with van der Waals surface area (Å²) in [7, 11) is 0. The number of aromatic nitrogens is 1. The molecule has 1 aliphatic heterocycles. The van der Waals surface area contributed by atoms with Crippen LogP contribution in [0.15, 0.2) is 30.5 Å². The molecule has 0 spiro atoms. The number of nitrogens with zero attached hydrogens (tertiary/aromatic N) is 2. The first kappa shape index (κ1) is 13.2. The van der Waals surface area contributed by atoms with Crippen LogP contribution in [0.1, 0.15) is 18.9 Å². The van der Waals surface area contributed by atoms with E-state index in [1.807, 2.05) is 0 Å². The third-order valence-corrected chi connectivity index (χ3v) is 4.23. The van der Waals surface area contributed by atoms with Crippen molar-refractivity contribution in [2.75, 3.05) is 13.1 Å². The molecule has 0 amide bonds. The van der Waals surface area contributed by atoms with E-state index in [0.29, 0.717) is 6.54 Å². The molecule has 0 saturated carbocycles. The summed E-state index contributed by atoms with van der Waals surface area (Å²) in [5.41, 5.74) is 2.56. The van der Waals surface area contributed by atoms with Crippen LogP contribution in [0.2, 0.25) is 0 Å². The van der Waals surface area contributed by atoms with Crippen molar-refractivity contribution in [2.45, 2.75) is 26.4 Å². The van der Waals surface area contributed by atoms with Crippen molar-refractivity contribution in [3.05, 3.63) is 36.0 Å². The molecule has 20 heavy (non-hydrogen) atoms. The van der Waals surface area contributed by atoms with Crippen LogP contribution < -0.4 is 0 Å². The highest BCUT2D eigenvalue weighted by Gasteiger charge is 2.28. The molecule has 4 heteroatoms. The number of fused-ring (bicyclic) bond motifs is 1. The second-order valence-electron chi connectivity index (χ2n) is 5.52. The Labute approximate surface area is 118 Å². The summed E-state index contributed by atoms with van der Waals surface area (Å²) in [5.74, 6) is -0.863. The second-order valence-corrected chi connectivity index (χ2v) is 5.52. The average Bonchev–Trinajstić information content (AvgIpc) is 3.05. The van der Waals surface area contributed by atoms with Gasteiger partial charge in [-0.2, -0.15) is 0 Å². The Morgan fingerprint density at radius 2 is 2.20 bits per heavy atom. The lowest BCUT2D eigenvalue weighted by Gasteiger charge is -2.14. The lowest BCUT2D eigenvalue weighted by molar-refractivity contribution is -0.141. The van der Waals surface area contributed by atoms with E-state index in [4.69, 9.17) is 5.11 Å². The van der Waals surface area contributed by atoms with Crippen LogP contribution in [-0.2, 0) is 17.9 Å². The second kappa shape index (κ2) is 5.29. The normalized spacial score (nSPS) is 19.8. The number of carboxylic acid groups (broad SMARTS) is 1. The third kappa shape index (κ3) is 2.31. The number of para-hydroxylation sites is 1. The zero-order valence-corrected chi connectivity index (χ0v) is 11.7. The highest BCUT2D eigenvalue weighted by molar-refractivity contribution is 5.84. The number of hydrogen-bond donors (Lipinski definition) is 1. The van der Waals surface area contributed by atoms with Gasteiger partial charge in [0.1, 0.15) is 0 Å². The minimum Gasteiger partial charge on any atom is -0.481 e. The molecule has 1 aromatic carbocycles. The van der Waals surface area contributed by atoms with Gasteiger partial charge in [-0.3, -0.25) is 9.69 Å². The Morgan fingerprint density at radius 3 is 2.90 bits per heavy atom. The first-order valence-corrected chi connectivity index (χ1v) is 7.21. The monoisotopic (exact) mass is 272 g/mol. The number of likely N-dealkylation sites (tertiary alicyclic amines) is 1. The lowest BCUT2D eigenvalue weighted by Crippen LogP contribution is -2.22. The summed E-state index contributed by atoms with van der Waals surface area (Å²) in [5, 5.41) is 10.4. The highest BCUT2D eigenvalue weighted by atomic mass is 16.4. The van der Waals surface area contributed by atoms with Crippen molar-refractivity contribution < 1.29 is 9.90 Å². The van der Waals surface area contributed by atoms with Gasteiger partial charge in [-0.15, -0.1) is 0 Å². The number of hydrogen-bond acceptors (Lipinski definition) is 2. The van der Waals surface area contributed by atoms with E-state index < -0.39 is 5.97 Å². The lowest BCUT2D eigenvalue weighted by atomic mass is 10.1. The molecule has 1 aromatic heterocycles. The number of carboxylic acids is 1. The van der Waals surface area contributed by atoms with Gasteiger partial charge in [0.2, 0.25) is 0 Å². The molecule has 106 valence electrons. The molecular weight excluding hydrogens is 252 g/mol.